The molecule has 25 heavy (non-hydrogen) atoms. The fourth-order valence-corrected chi connectivity index (χ4v) is 2.75. The summed E-state index contributed by atoms with van der Waals surface area (Å²) in [5.41, 5.74) is 0.308. The number of anilines is 1. The van der Waals surface area contributed by atoms with Gasteiger partial charge in [-0.2, -0.15) is 10.2 Å². The Morgan fingerprint density at radius 3 is 2.12 bits per heavy atom. The number of hydrogen-bond acceptors (Lipinski definition) is 8. The molecule has 1 aromatic heterocycles. The van der Waals surface area contributed by atoms with Gasteiger partial charge < -0.3 is 0 Å². The van der Waals surface area contributed by atoms with Crippen molar-refractivity contribution in [2.45, 2.75) is 24.8 Å². The molecule has 9 nitrogen and oxygen atoms in total. The maximum Gasteiger partial charge on any atom is 0.264 e. The van der Waals surface area contributed by atoms with Crippen LogP contribution in [0.1, 0.15) is 13.8 Å². The molecule has 0 aliphatic heterocycles. The van der Waals surface area contributed by atoms with E-state index >= 15 is 0 Å². The molecule has 0 spiro atoms. The van der Waals surface area contributed by atoms with E-state index in [2.05, 4.69) is 24.9 Å². The Kier molecular flexibility index (Phi) is 5.65. The lowest BCUT2D eigenvalue weighted by molar-refractivity contribution is -0.126. The lowest BCUT2D eigenvalue weighted by Gasteiger charge is -2.06. The van der Waals surface area contributed by atoms with E-state index < -0.39 is 27.6 Å². The number of sulfonamides is 1. The lowest BCUT2D eigenvalue weighted by atomic mass is 10.1. The maximum atomic E-state index is 12.2. The number of rotatable bonds is 7. The largest absolute Gasteiger partial charge is 0.297 e. The number of azo groups is 1. The van der Waals surface area contributed by atoms with E-state index in [1.54, 1.807) is 6.07 Å². The van der Waals surface area contributed by atoms with Crippen LogP contribution in [-0.2, 0) is 19.6 Å². The van der Waals surface area contributed by atoms with Gasteiger partial charge in [-0.05, 0) is 44.2 Å². The van der Waals surface area contributed by atoms with E-state index in [4.69, 9.17) is 0 Å². The van der Waals surface area contributed by atoms with Crippen LogP contribution in [0.2, 0.25) is 0 Å². The first-order chi connectivity index (χ1) is 11.8. The molecule has 0 saturated carbocycles. The number of ketones is 2. The monoisotopic (exact) mass is 361 g/mol. The van der Waals surface area contributed by atoms with Crippen LogP contribution in [0.15, 0.2) is 57.8 Å². The van der Waals surface area contributed by atoms with Gasteiger partial charge in [0, 0.05) is 12.4 Å². The normalized spacial score (nSPS) is 11.6. The molecule has 0 radical (unpaired) electrons. The van der Waals surface area contributed by atoms with Crippen LogP contribution < -0.4 is 4.72 Å². The number of benzene rings is 1. The number of Topliss-reactive ketones (excluding diaryl/α,β-unsaturated/α-hetero) is 2. The Hall–Kier alpha value is -3.01. The van der Waals surface area contributed by atoms with Crippen molar-refractivity contribution in [2.24, 2.45) is 10.2 Å². The highest BCUT2D eigenvalue weighted by Crippen LogP contribution is 2.19. The average molecular weight is 361 g/mol. The van der Waals surface area contributed by atoms with Gasteiger partial charge in [0.2, 0.25) is 5.95 Å². The third-order valence-electron chi connectivity index (χ3n) is 3.00. The van der Waals surface area contributed by atoms with Crippen LogP contribution >= 0.6 is 0 Å². The predicted molar refractivity (Wildman–Crippen MR) is 88.9 cm³/mol. The van der Waals surface area contributed by atoms with Gasteiger partial charge in [0.1, 0.15) is 0 Å². The molecule has 0 fully saturated rings. The summed E-state index contributed by atoms with van der Waals surface area (Å²) in [5, 5.41) is 7.49. The van der Waals surface area contributed by atoms with Crippen molar-refractivity contribution in [3.05, 3.63) is 42.7 Å². The minimum atomic E-state index is -3.84. The molecule has 1 aromatic carbocycles. The number of carbonyl (C=O) groups is 2. The van der Waals surface area contributed by atoms with Crippen molar-refractivity contribution in [2.75, 3.05) is 4.72 Å². The highest BCUT2D eigenvalue weighted by Gasteiger charge is 2.18. The van der Waals surface area contributed by atoms with E-state index in [1.807, 2.05) is 0 Å². The first-order valence-electron chi connectivity index (χ1n) is 7.11. The van der Waals surface area contributed by atoms with Crippen LogP contribution in [-0.4, -0.2) is 36.0 Å². The average Bonchev–Trinajstić information content (AvgIpc) is 2.55. The summed E-state index contributed by atoms with van der Waals surface area (Å²) in [6, 6.07) is 5.85. The molecule has 0 saturated heterocycles. The summed E-state index contributed by atoms with van der Waals surface area (Å²) in [6.45, 7) is 2.50. The molecule has 0 amide bonds. The summed E-state index contributed by atoms with van der Waals surface area (Å²) >= 11 is 0. The van der Waals surface area contributed by atoms with Gasteiger partial charge in [-0.15, -0.1) is 0 Å². The van der Waals surface area contributed by atoms with Crippen molar-refractivity contribution >= 4 is 33.2 Å². The molecule has 2 aromatic rings. The lowest BCUT2D eigenvalue weighted by Crippen LogP contribution is -2.23. The minimum absolute atomic E-state index is 0.0198. The Morgan fingerprint density at radius 2 is 1.60 bits per heavy atom. The molecule has 10 heteroatoms. The first kappa shape index (κ1) is 18.3. The molecule has 0 unspecified atom stereocenters. The molecule has 0 bridgehead atoms. The van der Waals surface area contributed by atoms with Crippen LogP contribution in [0, 0.1) is 0 Å². The Bertz CT molecular complexity index is 881. The minimum Gasteiger partial charge on any atom is -0.297 e. The fraction of sp³-hybridized carbons (Fsp3) is 0.200. The molecule has 2 rings (SSSR count). The molecule has 1 heterocycles. The number of aromatic nitrogens is 2. The molecule has 1 N–H and O–H groups in total. The van der Waals surface area contributed by atoms with Crippen LogP contribution in [0.25, 0.3) is 0 Å². The smallest absolute Gasteiger partial charge is 0.264 e. The summed E-state index contributed by atoms with van der Waals surface area (Å²) in [4.78, 5) is 30.1. The predicted octanol–water partition coefficient (Wildman–Crippen LogP) is 1.91. The molecular formula is C15H15N5O4S. The molecule has 0 aliphatic rings. The van der Waals surface area contributed by atoms with E-state index in [0.29, 0.717) is 5.69 Å². The topological polar surface area (TPSA) is 131 Å². The molecular weight excluding hydrogens is 346 g/mol. The quantitative estimate of drug-likeness (QED) is 0.592. The Balaban J connectivity index is 2.16. The second-order valence-corrected chi connectivity index (χ2v) is 6.69. The van der Waals surface area contributed by atoms with Crippen LogP contribution in [0.4, 0.5) is 11.6 Å². The fourth-order valence-electron chi connectivity index (χ4n) is 1.80. The van der Waals surface area contributed by atoms with Crippen molar-refractivity contribution in [3.63, 3.8) is 0 Å². The van der Waals surface area contributed by atoms with Crippen molar-refractivity contribution in [1.29, 1.82) is 0 Å². The summed E-state index contributed by atoms with van der Waals surface area (Å²) in [6.07, 6.45) is 2.82. The van der Waals surface area contributed by atoms with Gasteiger partial charge in [-0.1, -0.05) is 0 Å². The van der Waals surface area contributed by atoms with Crippen molar-refractivity contribution in [1.82, 2.24) is 9.97 Å². The van der Waals surface area contributed by atoms with Crippen molar-refractivity contribution in [3.8, 4) is 0 Å². The Labute approximate surface area is 144 Å². The number of nitrogens with one attached hydrogen (secondary N) is 1. The van der Waals surface area contributed by atoms with Gasteiger partial charge in [0.15, 0.2) is 17.6 Å². The molecule has 0 atom stereocenters. The SMILES string of the molecule is CC(=O)C(/N=N/c1ccc(S(=O)(=O)Nc2ncccn2)cc1)C(C)=O. The standard InChI is InChI=1S/C15H15N5O4S/c1-10(21)14(11(2)22)19-18-12-4-6-13(7-5-12)25(23,24)20-15-16-8-3-9-17-15/h3-9,14H,1-2H3,(H,16,17,20)/b19-18+. The highest BCUT2D eigenvalue weighted by molar-refractivity contribution is 7.92. The van der Waals surface area contributed by atoms with E-state index in [0.717, 1.165) is 0 Å². The maximum absolute atomic E-state index is 12.2. The zero-order valence-electron chi connectivity index (χ0n) is 13.4. The third kappa shape index (κ3) is 4.98. The first-order valence-corrected chi connectivity index (χ1v) is 8.59. The second-order valence-electron chi connectivity index (χ2n) is 5.01. The van der Waals surface area contributed by atoms with Crippen LogP contribution in [0.5, 0.6) is 0 Å². The van der Waals surface area contributed by atoms with Gasteiger partial charge in [-0.3, -0.25) is 9.59 Å². The summed E-state index contributed by atoms with van der Waals surface area (Å²) in [7, 11) is -3.84. The number of nitrogens with zero attached hydrogens (tertiary/aromatic N) is 4. The zero-order chi connectivity index (χ0) is 18.4. The van der Waals surface area contributed by atoms with Crippen molar-refractivity contribution < 1.29 is 18.0 Å². The molecule has 130 valence electrons. The van der Waals surface area contributed by atoms with Crippen LogP contribution in [0.3, 0.4) is 0 Å². The Morgan fingerprint density at radius 1 is 1.04 bits per heavy atom. The molecule has 0 aliphatic carbocycles. The highest BCUT2D eigenvalue weighted by atomic mass is 32.2. The van der Waals surface area contributed by atoms with E-state index in [-0.39, 0.29) is 10.8 Å². The number of carbonyl (C=O) groups excluding carboxylic acids is 2. The van der Waals surface area contributed by atoms with Gasteiger partial charge in [0.05, 0.1) is 10.6 Å². The van der Waals surface area contributed by atoms with Gasteiger partial charge in [-0.25, -0.2) is 23.1 Å². The van der Waals surface area contributed by atoms with E-state index in [1.165, 1.54) is 50.5 Å². The number of hydrogen-bond donors (Lipinski definition) is 1. The third-order valence-corrected chi connectivity index (χ3v) is 4.34. The summed E-state index contributed by atoms with van der Waals surface area (Å²) < 4.78 is 26.7. The van der Waals surface area contributed by atoms with Gasteiger partial charge >= 0.3 is 0 Å². The van der Waals surface area contributed by atoms with E-state index in [9.17, 15) is 18.0 Å². The zero-order valence-corrected chi connectivity index (χ0v) is 14.3. The van der Waals surface area contributed by atoms with Gasteiger partial charge in [0.25, 0.3) is 10.0 Å². The summed E-state index contributed by atoms with van der Waals surface area (Å²) in [5.74, 6) is -0.873. The second kappa shape index (κ2) is 7.71.